The second-order valence-electron chi connectivity index (χ2n) is 6.39. The fraction of sp³-hybridized carbons (Fsp3) is 0.529. The van der Waals surface area contributed by atoms with E-state index in [9.17, 15) is 0 Å². The maximum atomic E-state index is 5.44. The first-order chi connectivity index (χ1) is 10.4. The predicted molar refractivity (Wildman–Crippen MR) is 85.9 cm³/mol. The third-order valence-corrected chi connectivity index (χ3v) is 3.33. The van der Waals surface area contributed by atoms with Gasteiger partial charge in [0, 0.05) is 12.0 Å². The van der Waals surface area contributed by atoms with Gasteiger partial charge in [0.15, 0.2) is 5.82 Å². The number of ether oxygens (including phenoxy) is 1. The minimum absolute atomic E-state index is 0.00942. The van der Waals surface area contributed by atoms with E-state index < -0.39 is 0 Å². The first kappa shape index (κ1) is 16.5. The standard InChI is InChI=1S/C17H25N3O2/c1-6-21-14-9-7-13(8-10-14)11-18-12(2)15-19-16(20-22-15)17(3,4)5/h7-10,12,18H,6,11H2,1-5H3. The van der Waals surface area contributed by atoms with E-state index in [1.807, 2.05) is 26.0 Å². The van der Waals surface area contributed by atoms with Crippen LogP contribution < -0.4 is 10.1 Å². The Morgan fingerprint density at radius 1 is 1.23 bits per heavy atom. The maximum Gasteiger partial charge on any atom is 0.243 e. The molecule has 1 aromatic carbocycles. The van der Waals surface area contributed by atoms with Crippen molar-refractivity contribution in [1.29, 1.82) is 0 Å². The molecule has 1 heterocycles. The van der Waals surface area contributed by atoms with Gasteiger partial charge >= 0.3 is 0 Å². The Morgan fingerprint density at radius 2 is 1.91 bits per heavy atom. The summed E-state index contributed by atoms with van der Waals surface area (Å²) < 4.78 is 10.8. The van der Waals surface area contributed by atoms with Gasteiger partial charge < -0.3 is 14.6 Å². The molecule has 0 radical (unpaired) electrons. The molecule has 0 aliphatic rings. The molecule has 1 atom stereocenters. The summed E-state index contributed by atoms with van der Waals surface area (Å²) in [4.78, 5) is 4.47. The molecule has 0 amide bonds. The van der Waals surface area contributed by atoms with Crippen molar-refractivity contribution in [2.75, 3.05) is 6.61 Å². The van der Waals surface area contributed by atoms with E-state index in [4.69, 9.17) is 9.26 Å². The van der Waals surface area contributed by atoms with E-state index in [1.54, 1.807) is 0 Å². The van der Waals surface area contributed by atoms with Crippen LogP contribution in [0.3, 0.4) is 0 Å². The molecule has 0 spiro atoms. The van der Waals surface area contributed by atoms with Crippen molar-refractivity contribution in [3.63, 3.8) is 0 Å². The van der Waals surface area contributed by atoms with E-state index in [1.165, 1.54) is 5.56 Å². The molecule has 0 bridgehead atoms. The normalized spacial score (nSPS) is 13.1. The Morgan fingerprint density at radius 3 is 2.45 bits per heavy atom. The van der Waals surface area contributed by atoms with E-state index in [0.29, 0.717) is 12.5 Å². The molecular weight excluding hydrogens is 278 g/mol. The van der Waals surface area contributed by atoms with E-state index in [2.05, 4.69) is 48.4 Å². The van der Waals surface area contributed by atoms with Gasteiger partial charge in [-0.05, 0) is 31.5 Å². The van der Waals surface area contributed by atoms with Gasteiger partial charge in [-0.2, -0.15) is 4.98 Å². The molecule has 1 aromatic heterocycles. The van der Waals surface area contributed by atoms with Crippen LogP contribution in [-0.2, 0) is 12.0 Å². The van der Waals surface area contributed by atoms with Crippen LogP contribution in [0.4, 0.5) is 0 Å². The van der Waals surface area contributed by atoms with Crippen molar-refractivity contribution in [2.24, 2.45) is 0 Å². The van der Waals surface area contributed by atoms with Gasteiger partial charge in [-0.1, -0.05) is 38.1 Å². The summed E-state index contributed by atoms with van der Waals surface area (Å²) in [5.41, 5.74) is 1.09. The second kappa shape index (κ2) is 6.92. The third kappa shape index (κ3) is 4.31. The second-order valence-corrected chi connectivity index (χ2v) is 6.39. The molecule has 0 saturated heterocycles. The Bertz CT molecular complexity index is 585. The first-order valence-corrected chi connectivity index (χ1v) is 7.69. The summed E-state index contributed by atoms with van der Waals surface area (Å²) in [6.07, 6.45) is 0. The lowest BCUT2D eigenvalue weighted by molar-refractivity contribution is 0.330. The first-order valence-electron chi connectivity index (χ1n) is 7.69. The number of rotatable bonds is 6. The number of benzene rings is 1. The predicted octanol–water partition coefficient (Wildman–Crippen LogP) is 3.62. The largest absolute Gasteiger partial charge is 0.494 e. The van der Waals surface area contributed by atoms with Crippen LogP contribution in [0.15, 0.2) is 28.8 Å². The summed E-state index contributed by atoms with van der Waals surface area (Å²) in [6.45, 7) is 11.6. The average molecular weight is 303 g/mol. The highest BCUT2D eigenvalue weighted by Gasteiger charge is 2.22. The highest BCUT2D eigenvalue weighted by molar-refractivity contribution is 5.27. The van der Waals surface area contributed by atoms with Gasteiger partial charge in [0.05, 0.1) is 12.6 Å². The van der Waals surface area contributed by atoms with Gasteiger partial charge in [-0.15, -0.1) is 0 Å². The smallest absolute Gasteiger partial charge is 0.243 e. The van der Waals surface area contributed by atoms with Crippen molar-refractivity contribution < 1.29 is 9.26 Å². The van der Waals surface area contributed by atoms with Crippen molar-refractivity contribution >= 4 is 0 Å². The van der Waals surface area contributed by atoms with Gasteiger partial charge in [0.1, 0.15) is 5.75 Å². The molecule has 22 heavy (non-hydrogen) atoms. The number of aromatic nitrogens is 2. The quantitative estimate of drug-likeness (QED) is 0.883. The molecule has 2 aromatic rings. The molecule has 0 aliphatic carbocycles. The summed E-state index contributed by atoms with van der Waals surface area (Å²) in [5.74, 6) is 2.25. The molecule has 1 unspecified atom stereocenters. The minimum atomic E-state index is -0.101. The molecule has 0 fully saturated rings. The molecule has 120 valence electrons. The van der Waals surface area contributed by atoms with Crippen LogP contribution in [0.25, 0.3) is 0 Å². The number of nitrogens with one attached hydrogen (secondary N) is 1. The zero-order valence-corrected chi connectivity index (χ0v) is 14.0. The zero-order chi connectivity index (χ0) is 16.2. The number of hydrogen-bond acceptors (Lipinski definition) is 5. The lowest BCUT2D eigenvalue weighted by Gasteiger charge is -2.12. The van der Waals surface area contributed by atoms with Crippen LogP contribution in [0.1, 0.15) is 57.9 Å². The molecule has 5 nitrogen and oxygen atoms in total. The summed E-state index contributed by atoms with van der Waals surface area (Å²) >= 11 is 0. The Labute approximate surface area is 132 Å². The molecule has 5 heteroatoms. The topological polar surface area (TPSA) is 60.2 Å². The van der Waals surface area contributed by atoms with Crippen molar-refractivity contribution in [2.45, 2.75) is 52.6 Å². The van der Waals surface area contributed by atoms with Gasteiger partial charge in [-0.25, -0.2) is 0 Å². The summed E-state index contributed by atoms with van der Waals surface area (Å²) in [7, 11) is 0. The Kier molecular flexibility index (Phi) is 5.19. The molecule has 0 saturated carbocycles. The molecule has 1 N–H and O–H groups in total. The third-order valence-electron chi connectivity index (χ3n) is 3.33. The summed E-state index contributed by atoms with van der Waals surface area (Å²) in [6, 6.07) is 8.08. The van der Waals surface area contributed by atoms with Crippen LogP contribution >= 0.6 is 0 Å². The van der Waals surface area contributed by atoms with Gasteiger partial charge in [0.2, 0.25) is 5.89 Å². The minimum Gasteiger partial charge on any atom is -0.494 e. The fourth-order valence-electron chi connectivity index (χ4n) is 1.94. The van der Waals surface area contributed by atoms with Gasteiger partial charge in [0.25, 0.3) is 0 Å². The highest BCUT2D eigenvalue weighted by Crippen LogP contribution is 2.21. The SMILES string of the molecule is CCOc1ccc(CNC(C)c2nc(C(C)(C)C)no2)cc1. The monoisotopic (exact) mass is 303 g/mol. The van der Waals surface area contributed by atoms with E-state index >= 15 is 0 Å². The number of nitrogens with zero attached hydrogens (tertiary/aromatic N) is 2. The average Bonchev–Trinajstić information content (AvgIpc) is 2.96. The van der Waals surface area contributed by atoms with Crippen LogP contribution in [0, 0.1) is 0 Å². The molecular formula is C17H25N3O2. The van der Waals surface area contributed by atoms with Crippen molar-refractivity contribution in [1.82, 2.24) is 15.5 Å². The van der Waals surface area contributed by atoms with Crippen molar-refractivity contribution in [3.8, 4) is 5.75 Å². The summed E-state index contributed by atoms with van der Waals surface area (Å²) in [5, 5.41) is 7.45. The lowest BCUT2D eigenvalue weighted by atomic mass is 9.96. The van der Waals surface area contributed by atoms with Crippen molar-refractivity contribution in [3.05, 3.63) is 41.5 Å². The number of hydrogen-bond donors (Lipinski definition) is 1. The van der Waals surface area contributed by atoms with E-state index in [0.717, 1.165) is 18.1 Å². The zero-order valence-electron chi connectivity index (χ0n) is 14.0. The lowest BCUT2D eigenvalue weighted by Crippen LogP contribution is -2.19. The Hall–Kier alpha value is -1.88. The molecule has 0 aliphatic heterocycles. The molecule has 2 rings (SSSR count). The van der Waals surface area contributed by atoms with Crippen LogP contribution in [-0.4, -0.2) is 16.7 Å². The van der Waals surface area contributed by atoms with Crippen LogP contribution in [0.2, 0.25) is 0 Å². The fourth-order valence-corrected chi connectivity index (χ4v) is 1.94. The highest BCUT2D eigenvalue weighted by atomic mass is 16.5. The Balaban J connectivity index is 1.92. The maximum absolute atomic E-state index is 5.44. The van der Waals surface area contributed by atoms with Gasteiger partial charge in [-0.3, -0.25) is 0 Å². The van der Waals surface area contributed by atoms with Crippen LogP contribution in [0.5, 0.6) is 5.75 Å². The van der Waals surface area contributed by atoms with E-state index in [-0.39, 0.29) is 11.5 Å².